The molecule has 0 bridgehead atoms. The average molecular weight is 354 g/mol. The number of carbonyl (C=O) groups is 2. The van der Waals surface area contributed by atoms with Gasteiger partial charge in [-0.05, 0) is 64.4 Å². The van der Waals surface area contributed by atoms with E-state index in [0.717, 1.165) is 11.1 Å². The number of hydrogen-bond donors (Lipinski definition) is 2. The summed E-state index contributed by atoms with van der Waals surface area (Å²) in [4.78, 5) is 24.4. The van der Waals surface area contributed by atoms with Crippen molar-refractivity contribution in [3.05, 3.63) is 59.2 Å². The standard InChI is InChI=1S/C21H26N2O3/c1-14-9-10-18(15(2)11-14)26-13-19(24)22-17-8-6-7-16(12-17)20(25)23-21(3,4)5/h6-12H,13H2,1-5H3,(H,22,24)(H,23,25). The predicted octanol–water partition coefficient (Wildman–Crippen LogP) is 3.85. The maximum atomic E-state index is 12.2. The lowest BCUT2D eigenvalue weighted by Gasteiger charge is -2.20. The normalized spacial score (nSPS) is 11.0. The summed E-state index contributed by atoms with van der Waals surface area (Å²) in [6, 6.07) is 12.6. The van der Waals surface area contributed by atoms with E-state index in [-0.39, 0.29) is 24.0 Å². The molecular formula is C21H26N2O3. The number of benzene rings is 2. The topological polar surface area (TPSA) is 67.4 Å². The molecule has 138 valence electrons. The lowest BCUT2D eigenvalue weighted by Crippen LogP contribution is -2.40. The van der Waals surface area contributed by atoms with E-state index in [9.17, 15) is 9.59 Å². The van der Waals surface area contributed by atoms with Crippen molar-refractivity contribution in [1.82, 2.24) is 5.32 Å². The van der Waals surface area contributed by atoms with Crippen LogP contribution in [-0.2, 0) is 4.79 Å². The summed E-state index contributed by atoms with van der Waals surface area (Å²) in [6.45, 7) is 9.61. The SMILES string of the molecule is Cc1ccc(OCC(=O)Nc2cccc(C(=O)NC(C)(C)C)c2)c(C)c1. The lowest BCUT2D eigenvalue weighted by molar-refractivity contribution is -0.118. The van der Waals surface area contributed by atoms with E-state index in [0.29, 0.717) is 17.0 Å². The average Bonchev–Trinajstić information content (AvgIpc) is 2.52. The third-order valence-corrected chi connectivity index (χ3v) is 3.59. The van der Waals surface area contributed by atoms with Crippen LogP contribution in [0, 0.1) is 13.8 Å². The first-order chi connectivity index (χ1) is 12.1. The maximum Gasteiger partial charge on any atom is 0.262 e. The molecule has 26 heavy (non-hydrogen) atoms. The van der Waals surface area contributed by atoms with Crippen molar-refractivity contribution in [3.8, 4) is 5.75 Å². The second-order valence-corrected chi connectivity index (χ2v) is 7.39. The van der Waals surface area contributed by atoms with Crippen LogP contribution in [0.3, 0.4) is 0 Å². The van der Waals surface area contributed by atoms with E-state index >= 15 is 0 Å². The molecule has 0 aliphatic heterocycles. The Kier molecular flexibility index (Phi) is 6.03. The predicted molar refractivity (Wildman–Crippen MR) is 104 cm³/mol. The van der Waals surface area contributed by atoms with E-state index in [1.165, 1.54) is 0 Å². The van der Waals surface area contributed by atoms with Gasteiger partial charge >= 0.3 is 0 Å². The first-order valence-electron chi connectivity index (χ1n) is 8.56. The third-order valence-electron chi connectivity index (χ3n) is 3.59. The summed E-state index contributed by atoms with van der Waals surface area (Å²) in [5.41, 5.74) is 2.85. The molecule has 0 heterocycles. The van der Waals surface area contributed by atoms with Gasteiger partial charge in [-0.15, -0.1) is 0 Å². The monoisotopic (exact) mass is 354 g/mol. The van der Waals surface area contributed by atoms with Crippen LogP contribution in [0.4, 0.5) is 5.69 Å². The quantitative estimate of drug-likeness (QED) is 0.857. The molecule has 0 fully saturated rings. The van der Waals surface area contributed by atoms with Gasteiger partial charge in [0.25, 0.3) is 11.8 Å². The van der Waals surface area contributed by atoms with E-state index in [1.54, 1.807) is 24.3 Å². The van der Waals surface area contributed by atoms with Crippen LogP contribution < -0.4 is 15.4 Å². The Bertz CT molecular complexity index is 807. The number of hydrogen-bond acceptors (Lipinski definition) is 3. The van der Waals surface area contributed by atoms with Gasteiger partial charge in [0, 0.05) is 16.8 Å². The first kappa shape index (κ1) is 19.5. The van der Waals surface area contributed by atoms with Crippen LogP contribution in [0.15, 0.2) is 42.5 Å². The fraction of sp³-hybridized carbons (Fsp3) is 0.333. The van der Waals surface area contributed by atoms with E-state index in [2.05, 4.69) is 10.6 Å². The van der Waals surface area contributed by atoms with Crippen molar-refractivity contribution in [1.29, 1.82) is 0 Å². The lowest BCUT2D eigenvalue weighted by atomic mass is 10.1. The summed E-state index contributed by atoms with van der Waals surface area (Å²) in [6.07, 6.45) is 0. The van der Waals surface area contributed by atoms with Gasteiger partial charge in [-0.3, -0.25) is 9.59 Å². The Balaban J connectivity index is 1.96. The van der Waals surface area contributed by atoms with Gasteiger partial charge in [0.1, 0.15) is 5.75 Å². The van der Waals surface area contributed by atoms with E-state index in [4.69, 9.17) is 4.74 Å². The molecule has 2 aromatic rings. The number of carbonyl (C=O) groups excluding carboxylic acids is 2. The van der Waals surface area contributed by atoms with Gasteiger partial charge in [0.05, 0.1) is 0 Å². The summed E-state index contributed by atoms with van der Waals surface area (Å²) in [7, 11) is 0. The zero-order valence-electron chi connectivity index (χ0n) is 16.0. The molecule has 2 amide bonds. The largest absolute Gasteiger partial charge is 0.483 e. The van der Waals surface area contributed by atoms with Crippen molar-refractivity contribution in [2.24, 2.45) is 0 Å². The van der Waals surface area contributed by atoms with Crippen LogP contribution in [0.2, 0.25) is 0 Å². The second kappa shape index (κ2) is 8.04. The first-order valence-corrected chi connectivity index (χ1v) is 8.56. The Morgan fingerprint density at radius 2 is 1.77 bits per heavy atom. The molecule has 0 atom stereocenters. The Hall–Kier alpha value is -2.82. The van der Waals surface area contributed by atoms with Gasteiger partial charge in [-0.25, -0.2) is 0 Å². The second-order valence-electron chi connectivity index (χ2n) is 7.39. The van der Waals surface area contributed by atoms with Crippen LogP contribution in [-0.4, -0.2) is 24.0 Å². The van der Waals surface area contributed by atoms with Gasteiger partial charge in [-0.1, -0.05) is 23.8 Å². The minimum Gasteiger partial charge on any atom is -0.483 e. The molecule has 0 unspecified atom stereocenters. The highest BCUT2D eigenvalue weighted by Gasteiger charge is 2.15. The van der Waals surface area contributed by atoms with Gasteiger partial charge < -0.3 is 15.4 Å². The molecule has 0 radical (unpaired) electrons. The molecule has 5 heteroatoms. The maximum absolute atomic E-state index is 12.2. The fourth-order valence-electron chi connectivity index (χ4n) is 2.45. The highest BCUT2D eigenvalue weighted by atomic mass is 16.5. The molecule has 0 aliphatic carbocycles. The van der Waals surface area contributed by atoms with Crippen molar-refractivity contribution >= 4 is 17.5 Å². The minimum absolute atomic E-state index is 0.0949. The van der Waals surface area contributed by atoms with Crippen molar-refractivity contribution < 1.29 is 14.3 Å². The highest BCUT2D eigenvalue weighted by Crippen LogP contribution is 2.19. The third kappa shape index (κ3) is 5.92. The van der Waals surface area contributed by atoms with Crippen molar-refractivity contribution in [3.63, 3.8) is 0 Å². The minimum atomic E-state index is -0.323. The van der Waals surface area contributed by atoms with Crippen LogP contribution in [0.1, 0.15) is 42.3 Å². The van der Waals surface area contributed by atoms with E-state index in [1.807, 2.05) is 52.8 Å². The summed E-state index contributed by atoms with van der Waals surface area (Å²) in [5.74, 6) is 0.225. The smallest absolute Gasteiger partial charge is 0.262 e. The Labute approximate surface area is 154 Å². The molecule has 0 aromatic heterocycles. The zero-order chi connectivity index (χ0) is 19.3. The number of amides is 2. The van der Waals surface area contributed by atoms with Crippen LogP contribution in [0.5, 0.6) is 5.75 Å². The molecule has 2 rings (SSSR count). The number of ether oxygens (including phenoxy) is 1. The molecule has 2 N–H and O–H groups in total. The Morgan fingerprint density at radius 3 is 2.42 bits per heavy atom. The summed E-state index contributed by atoms with van der Waals surface area (Å²) < 4.78 is 5.58. The van der Waals surface area contributed by atoms with Crippen LogP contribution in [0.25, 0.3) is 0 Å². The number of aryl methyl sites for hydroxylation is 2. The molecule has 5 nitrogen and oxygen atoms in total. The fourth-order valence-corrected chi connectivity index (χ4v) is 2.45. The van der Waals surface area contributed by atoms with Crippen molar-refractivity contribution in [2.45, 2.75) is 40.2 Å². The zero-order valence-corrected chi connectivity index (χ0v) is 16.0. The van der Waals surface area contributed by atoms with E-state index < -0.39 is 0 Å². The number of anilines is 1. The van der Waals surface area contributed by atoms with Gasteiger partial charge in [-0.2, -0.15) is 0 Å². The molecular weight excluding hydrogens is 328 g/mol. The van der Waals surface area contributed by atoms with Crippen LogP contribution >= 0.6 is 0 Å². The molecule has 0 saturated heterocycles. The molecule has 0 saturated carbocycles. The summed E-state index contributed by atoms with van der Waals surface area (Å²) >= 11 is 0. The number of nitrogens with one attached hydrogen (secondary N) is 2. The Morgan fingerprint density at radius 1 is 1.04 bits per heavy atom. The molecule has 0 aliphatic rings. The molecule has 2 aromatic carbocycles. The van der Waals surface area contributed by atoms with Crippen molar-refractivity contribution in [2.75, 3.05) is 11.9 Å². The number of rotatable bonds is 5. The van der Waals surface area contributed by atoms with Gasteiger partial charge in [0.15, 0.2) is 6.61 Å². The molecule has 0 spiro atoms. The highest BCUT2D eigenvalue weighted by molar-refractivity contribution is 5.97. The summed E-state index contributed by atoms with van der Waals surface area (Å²) in [5, 5.41) is 5.65. The van der Waals surface area contributed by atoms with Gasteiger partial charge in [0.2, 0.25) is 0 Å².